The molecule has 0 saturated heterocycles. The highest BCUT2D eigenvalue weighted by atomic mass is 16.6. The Kier molecular flexibility index (Phi) is 6.82. The molecule has 0 spiro atoms. The summed E-state index contributed by atoms with van der Waals surface area (Å²) in [7, 11) is 0. The molecule has 0 saturated carbocycles. The molecule has 2 N–H and O–H groups in total. The molecule has 1 aliphatic heterocycles. The van der Waals surface area contributed by atoms with Crippen molar-refractivity contribution in [3.63, 3.8) is 0 Å². The summed E-state index contributed by atoms with van der Waals surface area (Å²) in [5, 5.41) is 0. The molecule has 0 aliphatic carbocycles. The van der Waals surface area contributed by atoms with Crippen molar-refractivity contribution in [1.82, 2.24) is 10.9 Å². The van der Waals surface area contributed by atoms with Crippen molar-refractivity contribution in [3.05, 3.63) is 54.1 Å². The summed E-state index contributed by atoms with van der Waals surface area (Å²) < 4.78 is 16.8. The predicted molar refractivity (Wildman–Crippen MR) is 113 cm³/mol. The lowest BCUT2D eigenvalue weighted by Crippen LogP contribution is -2.50. The Bertz CT molecular complexity index is 874. The van der Waals surface area contributed by atoms with Crippen molar-refractivity contribution in [2.24, 2.45) is 0 Å². The molecule has 1 atom stereocenters. The van der Waals surface area contributed by atoms with Gasteiger partial charge in [0.2, 0.25) is 12.0 Å². The molecular formula is C23H28N2O5. The Hall–Kier alpha value is -3.22. The number of carbonyl (C=O) groups is 2. The first-order valence-corrected chi connectivity index (χ1v) is 10.0. The van der Waals surface area contributed by atoms with Gasteiger partial charge in [0.25, 0.3) is 5.91 Å². The van der Waals surface area contributed by atoms with Crippen LogP contribution < -0.4 is 25.1 Å². The number of para-hydroxylation sites is 2. The summed E-state index contributed by atoms with van der Waals surface area (Å²) in [6, 6.07) is 15.1. The first kappa shape index (κ1) is 21.5. The normalized spacial score (nSPS) is 15.2. The van der Waals surface area contributed by atoms with E-state index >= 15 is 0 Å². The third-order valence-corrected chi connectivity index (χ3v) is 4.66. The predicted octanol–water partition coefficient (Wildman–Crippen LogP) is 3.13. The summed E-state index contributed by atoms with van der Waals surface area (Å²) in [5.74, 6) is 1.10. The molecule has 0 unspecified atom stereocenters. The quantitative estimate of drug-likeness (QED) is 0.562. The van der Waals surface area contributed by atoms with Gasteiger partial charge in [-0.25, -0.2) is 0 Å². The Morgan fingerprint density at radius 3 is 2.43 bits per heavy atom. The van der Waals surface area contributed by atoms with Gasteiger partial charge in [0.15, 0.2) is 11.5 Å². The van der Waals surface area contributed by atoms with Crippen molar-refractivity contribution in [2.45, 2.75) is 45.1 Å². The van der Waals surface area contributed by atoms with Crippen molar-refractivity contribution < 1.29 is 23.8 Å². The van der Waals surface area contributed by atoms with Gasteiger partial charge in [0.1, 0.15) is 12.4 Å². The zero-order chi connectivity index (χ0) is 21.6. The zero-order valence-electron chi connectivity index (χ0n) is 17.6. The van der Waals surface area contributed by atoms with Crippen LogP contribution in [0.3, 0.4) is 0 Å². The van der Waals surface area contributed by atoms with E-state index in [1.165, 1.54) is 5.56 Å². The minimum absolute atomic E-state index is 0.0839. The molecule has 7 heteroatoms. The molecule has 2 aromatic carbocycles. The second-order valence-corrected chi connectivity index (χ2v) is 8.13. The van der Waals surface area contributed by atoms with Crippen molar-refractivity contribution in [2.75, 3.05) is 13.2 Å². The van der Waals surface area contributed by atoms with Crippen molar-refractivity contribution >= 4 is 11.8 Å². The van der Waals surface area contributed by atoms with Crippen LogP contribution >= 0.6 is 0 Å². The van der Waals surface area contributed by atoms with E-state index in [4.69, 9.17) is 14.2 Å². The van der Waals surface area contributed by atoms with E-state index in [0.717, 1.165) is 5.75 Å². The molecule has 1 aliphatic rings. The number of rotatable bonds is 6. The van der Waals surface area contributed by atoms with Crippen LogP contribution in [0.15, 0.2) is 48.5 Å². The largest absolute Gasteiger partial charge is 0.494 e. The highest BCUT2D eigenvalue weighted by Crippen LogP contribution is 2.30. The van der Waals surface area contributed by atoms with Gasteiger partial charge in [0, 0.05) is 6.42 Å². The highest BCUT2D eigenvalue weighted by Gasteiger charge is 2.27. The third-order valence-electron chi connectivity index (χ3n) is 4.66. The molecule has 7 nitrogen and oxygen atoms in total. The monoisotopic (exact) mass is 412 g/mol. The number of nitrogens with one attached hydrogen (secondary N) is 2. The maximum absolute atomic E-state index is 12.2. The molecule has 30 heavy (non-hydrogen) atoms. The second kappa shape index (κ2) is 9.52. The number of ether oxygens (including phenoxy) is 3. The van der Waals surface area contributed by atoms with E-state index in [0.29, 0.717) is 24.5 Å². The molecule has 0 bridgehead atoms. The molecule has 160 valence electrons. The average molecular weight is 412 g/mol. The minimum Gasteiger partial charge on any atom is -0.494 e. The fourth-order valence-electron chi connectivity index (χ4n) is 2.90. The lowest BCUT2D eigenvalue weighted by molar-refractivity contribution is -0.135. The summed E-state index contributed by atoms with van der Waals surface area (Å²) >= 11 is 0. The van der Waals surface area contributed by atoms with Crippen LogP contribution in [0, 0.1) is 0 Å². The van der Waals surface area contributed by atoms with E-state index in [1.54, 1.807) is 18.2 Å². The van der Waals surface area contributed by atoms with Gasteiger partial charge in [-0.2, -0.15) is 0 Å². The number of carbonyl (C=O) groups excluding carboxylic acids is 2. The average Bonchev–Trinajstić information content (AvgIpc) is 2.74. The summed E-state index contributed by atoms with van der Waals surface area (Å²) in [6.07, 6.45) is -0.0655. The van der Waals surface area contributed by atoms with Crippen LogP contribution in [0.25, 0.3) is 0 Å². The smallest absolute Gasteiger partial charge is 0.283 e. The van der Waals surface area contributed by atoms with Crippen LogP contribution in [0.2, 0.25) is 0 Å². The first-order chi connectivity index (χ1) is 14.3. The number of hydrogen-bond donors (Lipinski definition) is 2. The summed E-state index contributed by atoms with van der Waals surface area (Å²) in [5.41, 5.74) is 6.11. The standard InChI is InChI=1S/C23H28N2O5/c1-23(2,3)16-10-12-17(13-11-16)28-14-6-9-21(26)24-25-22(27)20-15-29-18-7-4-5-8-19(18)30-20/h4-5,7-8,10-13,20H,6,9,14-15H2,1-3H3,(H,24,26)(H,25,27)/t20-/m1/s1. The van der Waals surface area contributed by atoms with Crippen LogP contribution in [-0.2, 0) is 15.0 Å². The fraction of sp³-hybridized carbons (Fsp3) is 0.391. The van der Waals surface area contributed by atoms with Crippen LogP contribution in [0.1, 0.15) is 39.2 Å². The highest BCUT2D eigenvalue weighted by molar-refractivity contribution is 5.85. The fourth-order valence-corrected chi connectivity index (χ4v) is 2.90. The van der Waals surface area contributed by atoms with Gasteiger partial charge in [0.05, 0.1) is 6.61 Å². The van der Waals surface area contributed by atoms with Crippen LogP contribution in [-0.4, -0.2) is 31.1 Å². The summed E-state index contributed by atoms with van der Waals surface area (Å²) in [4.78, 5) is 24.1. The zero-order valence-corrected chi connectivity index (χ0v) is 17.6. The molecule has 1 heterocycles. The minimum atomic E-state index is -0.820. The van der Waals surface area contributed by atoms with Crippen LogP contribution in [0.5, 0.6) is 17.2 Å². The maximum atomic E-state index is 12.2. The molecule has 0 fully saturated rings. The molecule has 0 aromatic heterocycles. The molecule has 2 amide bonds. The Labute approximate surface area is 176 Å². The van der Waals surface area contributed by atoms with Gasteiger partial charge in [-0.3, -0.25) is 20.4 Å². The number of hydrazine groups is 1. The van der Waals surface area contributed by atoms with Gasteiger partial charge >= 0.3 is 0 Å². The van der Waals surface area contributed by atoms with E-state index in [2.05, 4.69) is 31.6 Å². The Morgan fingerprint density at radius 1 is 1.03 bits per heavy atom. The molecule has 2 aromatic rings. The van der Waals surface area contributed by atoms with Crippen LogP contribution in [0.4, 0.5) is 0 Å². The number of benzene rings is 2. The second-order valence-electron chi connectivity index (χ2n) is 8.13. The topological polar surface area (TPSA) is 85.9 Å². The number of amides is 2. The van der Waals surface area contributed by atoms with Gasteiger partial charge in [-0.1, -0.05) is 45.0 Å². The van der Waals surface area contributed by atoms with Crippen molar-refractivity contribution in [3.8, 4) is 17.2 Å². The van der Waals surface area contributed by atoms with E-state index < -0.39 is 12.0 Å². The maximum Gasteiger partial charge on any atom is 0.283 e. The molecule has 3 rings (SSSR count). The number of hydrogen-bond acceptors (Lipinski definition) is 5. The van der Waals surface area contributed by atoms with E-state index in [-0.39, 0.29) is 24.3 Å². The Morgan fingerprint density at radius 2 is 1.73 bits per heavy atom. The van der Waals surface area contributed by atoms with Crippen molar-refractivity contribution in [1.29, 1.82) is 0 Å². The van der Waals surface area contributed by atoms with Gasteiger partial charge in [-0.15, -0.1) is 0 Å². The molecular weight excluding hydrogens is 384 g/mol. The van der Waals surface area contributed by atoms with E-state index in [9.17, 15) is 9.59 Å². The summed E-state index contributed by atoms with van der Waals surface area (Å²) in [6.45, 7) is 6.97. The lowest BCUT2D eigenvalue weighted by Gasteiger charge is -2.25. The molecule has 0 radical (unpaired) electrons. The number of fused-ring (bicyclic) bond motifs is 1. The van der Waals surface area contributed by atoms with Gasteiger partial charge < -0.3 is 14.2 Å². The van der Waals surface area contributed by atoms with Gasteiger partial charge in [-0.05, 0) is 41.7 Å². The lowest BCUT2D eigenvalue weighted by atomic mass is 9.87. The third kappa shape index (κ3) is 5.89. The Balaban J connectivity index is 1.33. The SMILES string of the molecule is CC(C)(C)c1ccc(OCCCC(=O)NNC(=O)[C@H]2COc3ccccc3O2)cc1. The first-order valence-electron chi connectivity index (χ1n) is 10.0. The van der Waals surface area contributed by atoms with E-state index in [1.807, 2.05) is 30.3 Å².